The van der Waals surface area contributed by atoms with Gasteiger partial charge in [0.25, 0.3) is 5.91 Å². The molecule has 0 aromatic heterocycles. The Balaban J connectivity index is 2.84. The van der Waals surface area contributed by atoms with Gasteiger partial charge in [0.2, 0.25) is 0 Å². The van der Waals surface area contributed by atoms with Crippen molar-refractivity contribution in [1.29, 1.82) is 0 Å². The molecule has 0 radical (unpaired) electrons. The van der Waals surface area contributed by atoms with Crippen LogP contribution in [0.25, 0.3) is 0 Å². The Hall–Kier alpha value is -2.03. The smallest absolute Gasteiger partial charge is 0.254 e. The lowest BCUT2D eigenvalue weighted by Gasteiger charge is -2.19. The number of aromatic hydroxyl groups is 1. The lowest BCUT2D eigenvalue weighted by molar-refractivity contribution is 0.0791. The summed E-state index contributed by atoms with van der Waals surface area (Å²) in [6, 6.07) is 6.17. The molecule has 3 nitrogen and oxygen atoms in total. The van der Waals surface area contributed by atoms with Crippen LogP contribution < -0.4 is 0 Å². The maximum absolute atomic E-state index is 12.0. The van der Waals surface area contributed by atoms with E-state index in [1.54, 1.807) is 29.2 Å². The van der Waals surface area contributed by atoms with Crippen molar-refractivity contribution in [2.45, 2.75) is 0 Å². The van der Waals surface area contributed by atoms with Crippen LogP contribution in [-0.4, -0.2) is 29.0 Å². The number of carbonyl (C=O) groups is 1. The van der Waals surface area contributed by atoms with E-state index in [9.17, 15) is 4.79 Å². The van der Waals surface area contributed by atoms with E-state index in [0.717, 1.165) is 0 Å². The third kappa shape index (κ3) is 2.98. The summed E-state index contributed by atoms with van der Waals surface area (Å²) >= 11 is 0. The van der Waals surface area contributed by atoms with E-state index in [2.05, 4.69) is 13.2 Å². The number of rotatable bonds is 5. The van der Waals surface area contributed by atoms with Gasteiger partial charge in [0, 0.05) is 18.7 Å². The number of benzene rings is 1. The highest BCUT2D eigenvalue weighted by molar-refractivity contribution is 5.94. The maximum Gasteiger partial charge on any atom is 0.254 e. The van der Waals surface area contributed by atoms with Crippen molar-refractivity contribution < 1.29 is 9.90 Å². The molecule has 1 aromatic rings. The van der Waals surface area contributed by atoms with Gasteiger partial charge < -0.3 is 10.0 Å². The van der Waals surface area contributed by atoms with Crippen LogP contribution in [0.2, 0.25) is 0 Å². The van der Waals surface area contributed by atoms with E-state index < -0.39 is 0 Å². The molecule has 0 heterocycles. The van der Waals surface area contributed by atoms with Crippen LogP contribution in [0.4, 0.5) is 0 Å². The topological polar surface area (TPSA) is 40.5 Å². The fourth-order valence-corrected chi connectivity index (χ4v) is 1.34. The average Bonchev–Trinajstić information content (AvgIpc) is 2.29. The highest BCUT2D eigenvalue weighted by atomic mass is 16.3. The molecular formula is C13H15NO2. The van der Waals surface area contributed by atoms with Crippen molar-refractivity contribution in [2.24, 2.45) is 0 Å². The van der Waals surface area contributed by atoms with Crippen LogP contribution in [0.1, 0.15) is 10.4 Å². The molecule has 0 aliphatic heterocycles. The summed E-state index contributed by atoms with van der Waals surface area (Å²) in [5.74, 6) is 0.0512. The Bertz CT molecular complexity index is 371. The van der Waals surface area contributed by atoms with Crippen LogP contribution in [0.15, 0.2) is 49.6 Å². The molecule has 0 atom stereocenters. The quantitative estimate of drug-likeness (QED) is 0.768. The standard InChI is InChI=1S/C13H15NO2/c1-3-9-14(10-4-2)13(16)11-5-7-12(15)8-6-11/h3-8,15H,1-2,9-10H2. The zero-order valence-electron chi connectivity index (χ0n) is 9.10. The van der Waals surface area contributed by atoms with E-state index in [1.165, 1.54) is 12.1 Å². The second-order valence-electron chi connectivity index (χ2n) is 3.33. The molecule has 0 fully saturated rings. The summed E-state index contributed by atoms with van der Waals surface area (Å²) in [4.78, 5) is 13.6. The predicted molar refractivity (Wildman–Crippen MR) is 64.4 cm³/mol. The molecular weight excluding hydrogens is 202 g/mol. The summed E-state index contributed by atoms with van der Waals surface area (Å²) in [6.45, 7) is 8.17. The molecule has 1 N–H and O–H groups in total. The van der Waals surface area contributed by atoms with Crippen molar-refractivity contribution in [1.82, 2.24) is 4.90 Å². The van der Waals surface area contributed by atoms with Crippen LogP contribution >= 0.6 is 0 Å². The third-order valence-electron chi connectivity index (χ3n) is 2.10. The van der Waals surface area contributed by atoms with Gasteiger partial charge in [-0.3, -0.25) is 4.79 Å². The SMILES string of the molecule is C=CCN(CC=C)C(=O)c1ccc(O)cc1. The molecule has 1 rings (SSSR count). The monoisotopic (exact) mass is 217 g/mol. The molecule has 0 saturated carbocycles. The van der Waals surface area contributed by atoms with Gasteiger partial charge in [-0.15, -0.1) is 13.2 Å². The van der Waals surface area contributed by atoms with Gasteiger partial charge in [0.1, 0.15) is 5.75 Å². The first-order valence-corrected chi connectivity index (χ1v) is 4.99. The van der Waals surface area contributed by atoms with Crippen LogP contribution in [-0.2, 0) is 0 Å². The summed E-state index contributed by atoms with van der Waals surface area (Å²) < 4.78 is 0. The molecule has 3 heteroatoms. The normalized spacial score (nSPS) is 9.50. The Kier molecular flexibility index (Phi) is 4.33. The Labute approximate surface area is 95.3 Å². The average molecular weight is 217 g/mol. The number of hydrogen-bond acceptors (Lipinski definition) is 2. The molecule has 0 unspecified atom stereocenters. The highest BCUT2D eigenvalue weighted by Gasteiger charge is 2.12. The van der Waals surface area contributed by atoms with Crippen molar-refractivity contribution in [3.05, 3.63) is 55.1 Å². The van der Waals surface area contributed by atoms with Gasteiger partial charge in [-0.25, -0.2) is 0 Å². The molecule has 1 aromatic carbocycles. The number of amides is 1. The van der Waals surface area contributed by atoms with E-state index in [4.69, 9.17) is 5.11 Å². The van der Waals surface area contributed by atoms with Gasteiger partial charge in [-0.05, 0) is 24.3 Å². The fraction of sp³-hybridized carbons (Fsp3) is 0.154. The second kappa shape index (κ2) is 5.75. The van der Waals surface area contributed by atoms with Crippen LogP contribution in [0.3, 0.4) is 0 Å². The Morgan fingerprint density at radius 2 is 1.69 bits per heavy atom. The first-order chi connectivity index (χ1) is 7.69. The largest absolute Gasteiger partial charge is 0.508 e. The second-order valence-corrected chi connectivity index (χ2v) is 3.33. The number of hydrogen-bond donors (Lipinski definition) is 1. The molecule has 0 saturated heterocycles. The van der Waals surface area contributed by atoms with E-state index >= 15 is 0 Å². The van der Waals surface area contributed by atoms with Crippen molar-refractivity contribution in [3.8, 4) is 5.75 Å². The first-order valence-electron chi connectivity index (χ1n) is 4.99. The lowest BCUT2D eigenvalue weighted by atomic mass is 10.2. The zero-order valence-corrected chi connectivity index (χ0v) is 9.10. The molecule has 0 aliphatic carbocycles. The summed E-state index contributed by atoms with van der Waals surface area (Å²) in [6.07, 6.45) is 3.34. The molecule has 16 heavy (non-hydrogen) atoms. The molecule has 0 bridgehead atoms. The molecule has 1 amide bonds. The first kappa shape index (κ1) is 12.0. The van der Waals surface area contributed by atoms with Gasteiger partial charge in [0.15, 0.2) is 0 Å². The molecule has 84 valence electrons. The minimum atomic E-state index is -0.0974. The summed E-state index contributed by atoms with van der Waals surface area (Å²) in [5.41, 5.74) is 0.543. The molecule has 0 spiro atoms. The predicted octanol–water partition coefficient (Wildman–Crippen LogP) is 2.21. The molecule has 0 aliphatic rings. The van der Waals surface area contributed by atoms with Crippen LogP contribution in [0, 0.1) is 0 Å². The third-order valence-corrected chi connectivity index (χ3v) is 2.10. The van der Waals surface area contributed by atoms with Gasteiger partial charge >= 0.3 is 0 Å². The van der Waals surface area contributed by atoms with E-state index in [-0.39, 0.29) is 11.7 Å². The summed E-state index contributed by atoms with van der Waals surface area (Å²) in [5, 5.41) is 9.13. The van der Waals surface area contributed by atoms with E-state index in [0.29, 0.717) is 18.7 Å². The highest BCUT2D eigenvalue weighted by Crippen LogP contribution is 2.11. The van der Waals surface area contributed by atoms with Crippen molar-refractivity contribution in [3.63, 3.8) is 0 Å². The fourth-order valence-electron chi connectivity index (χ4n) is 1.34. The van der Waals surface area contributed by atoms with Gasteiger partial charge in [-0.1, -0.05) is 12.2 Å². The van der Waals surface area contributed by atoms with Gasteiger partial charge in [0.05, 0.1) is 0 Å². The van der Waals surface area contributed by atoms with Crippen LogP contribution in [0.5, 0.6) is 5.75 Å². The zero-order chi connectivity index (χ0) is 12.0. The number of phenolic OH excluding ortho intramolecular Hbond substituents is 1. The number of carbonyl (C=O) groups excluding carboxylic acids is 1. The Morgan fingerprint density at radius 1 is 1.19 bits per heavy atom. The van der Waals surface area contributed by atoms with Crippen molar-refractivity contribution >= 4 is 5.91 Å². The lowest BCUT2D eigenvalue weighted by Crippen LogP contribution is -2.31. The Morgan fingerprint density at radius 3 is 2.12 bits per heavy atom. The van der Waals surface area contributed by atoms with Gasteiger partial charge in [-0.2, -0.15) is 0 Å². The summed E-state index contributed by atoms with van der Waals surface area (Å²) in [7, 11) is 0. The number of phenols is 1. The minimum absolute atomic E-state index is 0.0974. The maximum atomic E-state index is 12.0. The number of nitrogens with zero attached hydrogens (tertiary/aromatic N) is 1. The van der Waals surface area contributed by atoms with E-state index in [1.807, 2.05) is 0 Å². The minimum Gasteiger partial charge on any atom is -0.508 e. The van der Waals surface area contributed by atoms with Crippen molar-refractivity contribution in [2.75, 3.05) is 13.1 Å².